The number of hydrogen-bond acceptors (Lipinski definition) is 4. The molecule has 3 rings (SSSR count). The highest BCUT2D eigenvalue weighted by atomic mass is 32.1. The van der Waals surface area contributed by atoms with Crippen molar-refractivity contribution in [3.05, 3.63) is 47.5 Å². The van der Waals surface area contributed by atoms with E-state index in [1.807, 2.05) is 4.57 Å². The maximum atomic E-state index is 13.2. The molecule has 0 unspecified atom stereocenters. The summed E-state index contributed by atoms with van der Waals surface area (Å²) in [7, 11) is 0. The van der Waals surface area contributed by atoms with Crippen molar-refractivity contribution in [2.75, 3.05) is 13.1 Å². The molecule has 1 atom stereocenters. The van der Waals surface area contributed by atoms with E-state index >= 15 is 0 Å². The molecule has 128 valence electrons. The number of aromatic nitrogens is 3. The Labute approximate surface area is 145 Å². The lowest BCUT2D eigenvalue weighted by Crippen LogP contribution is -2.39. The quantitative estimate of drug-likeness (QED) is 0.667. The fourth-order valence-corrected chi connectivity index (χ4v) is 3.25. The summed E-state index contributed by atoms with van der Waals surface area (Å²) in [6, 6.07) is 6.22. The molecule has 7 heteroatoms. The lowest BCUT2D eigenvalue weighted by molar-refractivity contribution is 0.0513. The van der Waals surface area contributed by atoms with Gasteiger partial charge >= 0.3 is 0 Å². The van der Waals surface area contributed by atoms with Gasteiger partial charge in [-0.15, -0.1) is 6.58 Å². The van der Waals surface area contributed by atoms with Gasteiger partial charge in [0.2, 0.25) is 0 Å². The van der Waals surface area contributed by atoms with Crippen molar-refractivity contribution in [3.8, 4) is 11.4 Å². The molecular formula is C17H21FN4OS. The van der Waals surface area contributed by atoms with Crippen LogP contribution in [-0.4, -0.2) is 43.5 Å². The number of aliphatic hydroxyl groups is 1. The van der Waals surface area contributed by atoms with Crippen LogP contribution in [0.4, 0.5) is 4.39 Å². The molecule has 0 saturated carbocycles. The van der Waals surface area contributed by atoms with Gasteiger partial charge in [0, 0.05) is 25.2 Å². The molecule has 1 aromatic carbocycles. The summed E-state index contributed by atoms with van der Waals surface area (Å²) in [5.41, 5.74) is 0.807. The summed E-state index contributed by atoms with van der Waals surface area (Å²) < 4.78 is 17.4. The maximum Gasteiger partial charge on any atom is 0.199 e. The Kier molecular flexibility index (Phi) is 5.23. The zero-order chi connectivity index (χ0) is 17.1. The monoisotopic (exact) mass is 348 g/mol. The lowest BCUT2D eigenvalue weighted by Gasteiger charge is -2.29. The van der Waals surface area contributed by atoms with Crippen LogP contribution >= 0.6 is 12.2 Å². The zero-order valence-electron chi connectivity index (χ0n) is 13.4. The minimum absolute atomic E-state index is 0.283. The number of likely N-dealkylation sites (tertiary alicyclic amines) is 1. The standard InChI is InChI=1S/C17H21FN4OS/c1-2-9-21-16(13-5-7-14(18)8-6-13)19-22(17(21)24)12-20-10-3-4-15(23)11-20/h2,5-8,15,23H,1,3-4,9-12H2/t15-/m0/s1. The van der Waals surface area contributed by atoms with Crippen LogP contribution in [0.2, 0.25) is 0 Å². The van der Waals surface area contributed by atoms with Gasteiger partial charge in [-0.25, -0.2) is 9.07 Å². The third kappa shape index (κ3) is 3.63. The molecule has 0 bridgehead atoms. The van der Waals surface area contributed by atoms with Gasteiger partial charge in [0.25, 0.3) is 0 Å². The first-order valence-electron chi connectivity index (χ1n) is 8.03. The Bertz CT molecular complexity index is 768. The van der Waals surface area contributed by atoms with E-state index in [-0.39, 0.29) is 11.9 Å². The second-order valence-corrected chi connectivity index (χ2v) is 6.39. The summed E-state index contributed by atoms with van der Waals surface area (Å²) in [5.74, 6) is 0.409. The van der Waals surface area contributed by atoms with Gasteiger partial charge in [-0.05, 0) is 49.3 Å². The number of hydrogen-bond donors (Lipinski definition) is 1. The molecule has 1 N–H and O–H groups in total. The highest BCUT2D eigenvalue weighted by molar-refractivity contribution is 7.71. The fourth-order valence-electron chi connectivity index (χ4n) is 2.99. The molecule has 0 radical (unpaired) electrons. The largest absolute Gasteiger partial charge is 0.392 e. The molecule has 0 amide bonds. The van der Waals surface area contributed by atoms with Crippen LogP contribution in [0.25, 0.3) is 11.4 Å². The Morgan fingerprint density at radius 2 is 2.12 bits per heavy atom. The second-order valence-electron chi connectivity index (χ2n) is 6.03. The second kappa shape index (κ2) is 7.38. The smallest absolute Gasteiger partial charge is 0.199 e. The molecule has 1 saturated heterocycles. The van der Waals surface area contributed by atoms with E-state index < -0.39 is 0 Å². The first-order valence-corrected chi connectivity index (χ1v) is 8.44. The van der Waals surface area contributed by atoms with E-state index in [2.05, 4.69) is 16.6 Å². The number of piperidine rings is 1. The molecule has 0 aliphatic carbocycles. The third-order valence-electron chi connectivity index (χ3n) is 4.15. The van der Waals surface area contributed by atoms with Gasteiger partial charge in [0.15, 0.2) is 10.6 Å². The molecule has 24 heavy (non-hydrogen) atoms. The molecule has 2 aromatic rings. The normalized spacial score (nSPS) is 18.7. The van der Waals surface area contributed by atoms with E-state index in [4.69, 9.17) is 12.2 Å². The van der Waals surface area contributed by atoms with E-state index in [0.29, 0.717) is 30.4 Å². The number of aliphatic hydroxyl groups excluding tert-OH is 1. The number of rotatable bonds is 5. The van der Waals surface area contributed by atoms with Crippen LogP contribution in [0, 0.1) is 10.6 Å². The number of halogens is 1. The van der Waals surface area contributed by atoms with Crippen molar-refractivity contribution in [1.29, 1.82) is 0 Å². The van der Waals surface area contributed by atoms with Crippen LogP contribution in [0.5, 0.6) is 0 Å². The molecular weight excluding hydrogens is 327 g/mol. The SMILES string of the molecule is C=CCn1c(-c2ccc(F)cc2)nn(CN2CCC[C@H](O)C2)c1=S. The van der Waals surface area contributed by atoms with Gasteiger partial charge in [-0.2, -0.15) is 5.10 Å². The van der Waals surface area contributed by atoms with Crippen LogP contribution in [0.3, 0.4) is 0 Å². The summed E-state index contributed by atoms with van der Waals surface area (Å²) in [4.78, 5) is 2.14. The van der Waals surface area contributed by atoms with Crippen LogP contribution in [0.1, 0.15) is 12.8 Å². The summed E-state index contributed by atoms with van der Waals surface area (Å²) in [6.45, 7) is 6.39. The number of allylic oxidation sites excluding steroid dienone is 1. The number of β-amino-alcohol motifs (C(OH)–C–C–N with tert-alkyl or cyclic N) is 1. The highest BCUT2D eigenvalue weighted by Gasteiger charge is 2.20. The Hall–Kier alpha value is -1.83. The number of benzene rings is 1. The predicted octanol–water partition coefficient (Wildman–Crippen LogP) is 2.82. The Morgan fingerprint density at radius 1 is 1.38 bits per heavy atom. The van der Waals surface area contributed by atoms with E-state index in [1.165, 1.54) is 12.1 Å². The van der Waals surface area contributed by atoms with Gasteiger partial charge in [-0.1, -0.05) is 6.08 Å². The summed E-state index contributed by atoms with van der Waals surface area (Å²) >= 11 is 5.55. The van der Waals surface area contributed by atoms with E-state index in [9.17, 15) is 9.50 Å². The van der Waals surface area contributed by atoms with Crippen molar-refractivity contribution >= 4 is 12.2 Å². The molecule has 1 aromatic heterocycles. The molecule has 1 aliphatic rings. The van der Waals surface area contributed by atoms with Crippen molar-refractivity contribution in [2.45, 2.75) is 32.2 Å². The minimum Gasteiger partial charge on any atom is -0.392 e. The van der Waals surface area contributed by atoms with E-state index in [1.54, 1.807) is 22.9 Å². The summed E-state index contributed by atoms with van der Waals surface area (Å²) in [5, 5.41) is 14.5. The van der Waals surface area contributed by atoms with Crippen molar-refractivity contribution < 1.29 is 9.50 Å². The first-order chi connectivity index (χ1) is 11.6. The van der Waals surface area contributed by atoms with E-state index in [0.717, 1.165) is 24.9 Å². The fraction of sp³-hybridized carbons (Fsp3) is 0.412. The molecule has 1 fully saturated rings. The van der Waals surface area contributed by atoms with Crippen LogP contribution in [0.15, 0.2) is 36.9 Å². The number of nitrogens with zero attached hydrogens (tertiary/aromatic N) is 4. The van der Waals surface area contributed by atoms with Gasteiger partial charge in [0.05, 0.1) is 12.8 Å². The van der Waals surface area contributed by atoms with Crippen LogP contribution < -0.4 is 0 Å². The molecule has 5 nitrogen and oxygen atoms in total. The topological polar surface area (TPSA) is 46.2 Å². The van der Waals surface area contributed by atoms with Crippen molar-refractivity contribution in [2.24, 2.45) is 0 Å². The van der Waals surface area contributed by atoms with Crippen molar-refractivity contribution in [1.82, 2.24) is 19.2 Å². The Morgan fingerprint density at radius 3 is 2.79 bits per heavy atom. The Balaban J connectivity index is 1.93. The average Bonchev–Trinajstić information content (AvgIpc) is 2.86. The maximum absolute atomic E-state index is 13.2. The predicted molar refractivity (Wildman–Crippen MR) is 93.5 cm³/mol. The van der Waals surface area contributed by atoms with Gasteiger partial charge in [0.1, 0.15) is 5.82 Å². The highest BCUT2D eigenvalue weighted by Crippen LogP contribution is 2.20. The van der Waals surface area contributed by atoms with Crippen molar-refractivity contribution in [3.63, 3.8) is 0 Å². The lowest BCUT2D eigenvalue weighted by atomic mass is 10.1. The van der Waals surface area contributed by atoms with Gasteiger partial charge in [-0.3, -0.25) is 9.47 Å². The first kappa shape index (κ1) is 17.0. The third-order valence-corrected chi connectivity index (χ3v) is 4.58. The van der Waals surface area contributed by atoms with Crippen LogP contribution in [-0.2, 0) is 13.2 Å². The minimum atomic E-state index is -0.292. The summed E-state index contributed by atoms with van der Waals surface area (Å²) in [6.07, 6.45) is 3.28. The molecule has 1 aliphatic heterocycles. The molecule has 2 heterocycles. The zero-order valence-corrected chi connectivity index (χ0v) is 14.3. The molecule has 0 spiro atoms. The average molecular weight is 348 g/mol. The van der Waals surface area contributed by atoms with Gasteiger partial charge < -0.3 is 5.11 Å².